The zero-order valence-electron chi connectivity index (χ0n) is 40.1. The quantitative estimate of drug-likeness (QED) is 0.0198. The number of phosphoric ester groups is 1. The van der Waals surface area contributed by atoms with Crippen molar-refractivity contribution in [2.24, 2.45) is 0 Å². The van der Waals surface area contributed by atoms with Crippen LogP contribution in [0.2, 0.25) is 0 Å². The summed E-state index contributed by atoms with van der Waals surface area (Å²) in [6.07, 6.45) is 57.7. The van der Waals surface area contributed by atoms with Crippen LogP contribution < -0.4 is 4.89 Å². The Morgan fingerprint density at radius 2 is 0.902 bits per heavy atom. The molecule has 0 rings (SSSR count). The smallest absolute Gasteiger partial charge is 0.306 e. The highest BCUT2D eigenvalue weighted by molar-refractivity contribution is 7.45. The third-order valence-corrected chi connectivity index (χ3v) is 11.2. The summed E-state index contributed by atoms with van der Waals surface area (Å²) in [4.78, 5) is 25.1. The molecule has 2 atom stereocenters. The third-order valence-electron chi connectivity index (χ3n) is 10.2. The number of nitrogens with zero attached hydrogens (tertiary/aromatic N) is 1. The van der Waals surface area contributed by atoms with Crippen molar-refractivity contribution in [1.29, 1.82) is 0 Å². The van der Waals surface area contributed by atoms with E-state index in [-0.39, 0.29) is 25.8 Å². The van der Waals surface area contributed by atoms with Crippen molar-refractivity contribution in [3.63, 3.8) is 0 Å². The SMILES string of the molecule is CCCCC/C=C\C/C=C\C/C=C\CCCCCCCCCOCC(COP(=O)([O-])OCC[N+](C)(C)C)OC(=O)CCCCCCCC/C=C\C/C=C\C/C=C\CCCCC. The van der Waals surface area contributed by atoms with Gasteiger partial charge in [-0.3, -0.25) is 9.36 Å². The van der Waals surface area contributed by atoms with E-state index in [1.807, 2.05) is 21.1 Å². The van der Waals surface area contributed by atoms with E-state index in [1.165, 1.54) is 89.9 Å². The number of rotatable bonds is 45. The molecule has 0 radical (unpaired) electrons. The van der Waals surface area contributed by atoms with Crippen LogP contribution in [0.25, 0.3) is 0 Å². The molecule has 0 N–H and O–H groups in total. The van der Waals surface area contributed by atoms with Gasteiger partial charge >= 0.3 is 5.97 Å². The van der Waals surface area contributed by atoms with Crippen molar-refractivity contribution < 1.29 is 37.3 Å². The van der Waals surface area contributed by atoms with E-state index in [0.717, 1.165) is 83.5 Å². The Labute approximate surface area is 376 Å². The van der Waals surface area contributed by atoms with Gasteiger partial charge in [0.05, 0.1) is 34.4 Å². The number of hydrogen-bond donors (Lipinski definition) is 0. The zero-order valence-corrected chi connectivity index (χ0v) is 41.0. The van der Waals surface area contributed by atoms with Crippen LogP contribution in [0.4, 0.5) is 0 Å². The van der Waals surface area contributed by atoms with Gasteiger partial charge in [0.1, 0.15) is 19.3 Å². The molecule has 0 saturated carbocycles. The van der Waals surface area contributed by atoms with Crippen LogP contribution in [0.3, 0.4) is 0 Å². The van der Waals surface area contributed by atoms with Gasteiger partial charge in [-0.15, -0.1) is 0 Å². The number of allylic oxidation sites excluding steroid dienone is 12. The lowest BCUT2D eigenvalue weighted by molar-refractivity contribution is -0.870. The Bertz CT molecular complexity index is 1200. The van der Waals surface area contributed by atoms with Gasteiger partial charge in [-0.05, 0) is 89.9 Å². The first-order valence-corrected chi connectivity index (χ1v) is 26.1. The van der Waals surface area contributed by atoms with E-state index in [1.54, 1.807) is 0 Å². The molecular weight excluding hydrogens is 782 g/mol. The monoisotopic (exact) mass is 876 g/mol. The standard InChI is InChI=1S/C52H94NO7P/c1-6-8-10-12-14-16-18-20-22-24-26-28-30-32-34-36-38-40-42-44-47-57-49-51(50-59-61(55,56)58-48-46-53(3,4)5)60-52(54)45-43-41-39-37-35-33-31-29-27-25-23-21-19-17-15-13-11-9-7-2/h14-17,20-23,26-29,51H,6-13,18-19,24-25,30-50H2,1-5H3/b16-14-,17-15-,22-20-,23-21-,28-26-,29-27-. The summed E-state index contributed by atoms with van der Waals surface area (Å²) in [6, 6.07) is 0. The first kappa shape index (κ1) is 58.9. The minimum Gasteiger partial charge on any atom is -0.756 e. The molecule has 0 amide bonds. The molecule has 9 heteroatoms. The van der Waals surface area contributed by atoms with Crippen LogP contribution in [0.1, 0.15) is 194 Å². The summed E-state index contributed by atoms with van der Waals surface area (Å²) < 4.78 is 34.7. The van der Waals surface area contributed by atoms with Crippen LogP contribution in [-0.4, -0.2) is 70.7 Å². The van der Waals surface area contributed by atoms with Crippen LogP contribution in [0.15, 0.2) is 72.9 Å². The Kier molecular flexibility index (Phi) is 43.0. The normalized spacial score (nSPS) is 14.3. The fourth-order valence-corrected chi connectivity index (χ4v) is 7.11. The number of carbonyl (C=O) groups excluding carboxylic acids is 1. The molecule has 0 aromatic heterocycles. The van der Waals surface area contributed by atoms with Crippen LogP contribution in [-0.2, 0) is 27.9 Å². The van der Waals surface area contributed by atoms with E-state index in [9.17, 15) is 14.3 Å². The molecule has 0 saturated heterocycles. The number of phosphoric acid groups is 1. The summed E-state index contributed by atoms with van der Waals surface area (Å²) in [5.41, 5.74) is 0. The highest BCUT2D eigenvalue weighted by Crippen LogP contribution is 2.38. The molecular formula is C52H94NO7P. The minimum absolute atomic E-state index is 0.0176. The predicted molar refractivity (Wildman–Crippen MR) is 259 cm³/mol. The molecule has 0 aliphatic rings. The Morgan fingerprint density at radius 1 is 0.508 bits per heavy atom. The number of carbonyl (C=O) groups is 1. The van der Waals surface area contributed by atoms with Crippen molar-refractivity contribution in [3.8, 4) is 0 Å². The molecule has 0 aliphatic heterocycles. The van der Waals surface area contributed by atoms with E-state index < -0.39 is 13.9 Å². The van der Waals surface area contributed by atoms with Crippen LogP contribution in [0.5, 0.6) is 0 Å². The Hall–Kier alpha value is -2.06. The minimum atomic E-state index is -4.54. The largest absolute Gasteiger partial charge is 0.756 e. The molecule has 8 nitrogen and oxygen atoms in total. The van der Waals surface area contributed by atoms with Gasteiger partial charge in [-0.25, -0.2) is 0 Å². The Balaban J connectivity index is 4.24. The summed E-state index contributed by atoms with van der Waals surface area (Å²) >= 11 is 0. The van der Waals surface area contributed by atoms with Gasteiger partial charge in [0.15, 0.2) is 0 Å². The molecule has 0 spiro atoms. The summed E-state index contributed by atoms with van der Waals surface area (Å²) in [6.45, 7) is 5.31. The van der Waals surface area contributed by atoms with Gasteiger partial charge in [-0.2, -0.15) is 0 Å². The number of hydrogen-bond acceptors (Lipinski definition) is 7. The third kappa shape index (κ3) is 48.8. The number of ether oxygens (including phenoxy) is 2. The summed E-state index contributed by atoms with van der Waals surface area (Å²) in [7, 11) is 1.33. The molecule has 0 bridgehead atoms. The first-order chi connectivity index (χ1) is 29.6. The highest BCUT2D eigenvalue weighted by atomic mass is 31.2. The number of unbranched alkanes of at least 4 members (excludes halogenated alkanes) is 19. The van der Waals surface area contributed by atoms with E-state index in [4.69, 9.17) is 18.5 Å². The lowest BCUT2D eigenvalue weighted by atomic mass is 10.1. The molecule has 2 unspecified atom stereocenters. The van der Waals surface area contributed by atoms with Crippen molar-refractivity contribution in [3.05, 3.63) is 72.9 Å². The summed E-state index contributed by atoms with van der Waals surface area (Å²) in [5, 5.41) is 0. The highest BCUT2D eigenvalue weighted by Gasteiger charge is 2.20. The van der Waals surface area contributed by atoms with Crippen molar-refractivity contribution in [2.75, 3.05) is 54.1 Å². The molecule has 354 valence electrons. The van der Waals surface area contributed by atoms with E-state index >= 15 is 0 Å². The molecule has 0 heterocycles. The van der Waals surface area contributed by atoms with Gasteiger partial charge in [0.25, 0.3) is 7.82 Å². The van der Waals surface area contributed by atoms with E-state index in [2.05, 4.69) is 86.8 Å². The lowest BCUT2D eigenvalue weighted by Gasteiger charge is -2.28. The van der Waals surface area contributed by atoms with Gasteiger partial charge < -0.3 is 27.9 Å². The number of likely N-dealkylation sites (N-methyl/N-ethyl adjacent to an activating group) is 1. The Morgan fingerprint density at radius 3 is 1.34 bits per heavy atom. The predicted octanol–water partition coefficient (Wildman–Crippen LogP) is 14.4. The van der Waals surface area contributed by atoms with Crippen molar-refractivity contribution in [2.45, 2.75) is 200 Å². The van der Waals surface area contributed by atoms with Gasteiger partial charge in [-0.1, -0.05) is 170 Å². The van der Waals surface area contributed by atoms with Crippen molar-refractivity contribution >= 4 is 13.8 Å². The average molecular weight is 876 g/mol. The fourth-order valence-electron chi connectivity index (χ4n) is 6.38. The fraction of sp³-hybridized carbons (Fsp3) is 0.750. The lowest BCUT2D eigenvalue weighted by Crippen LogP contribution is -2.37. The van der Waals surface area contributed by atoms with Gasteiger partial charge in [0.2, 0.25) is 0 Å². The molecule has 61 heavy (non-hydrogen) atoms. The maximum absolute atomic E-state index is 12.7. The molecule has 0 aromatic carbocycles. The summed E-state index contributed by atoms with van der Waals surface area (Å²) in [5.74, 6) is -0.352. The van der Waals surface area contributed by atoms with Crippen LogP contribution >= 0.6 is 7.82 Å². The zero-order chi connectivity index (χ0) is 44.8. The average Bonchev–Trinajstić information content (AvgIpc) is 3.22. The van der Waals surface area contributed by atoms with Crippen molar-refractivity contribution in [1.82, 2.24) is 0 Å². The maximum atomic E-state index is 12.7. The first-order valence-electron chi connectivity index (χ1n) is 24.7. The number of esters is 1. The second kappa shape index (κ2) is 44.5. The topological polar surface area (TPSA) is 94.1 Å². The molecule has 0 aromatic rings. The second-order valence-corrected chi connectivity index (χ2v) is 18.9. The number of quaternary nitrogens is 1. The molecule has 0 aliphatic carbocycles. The second-order valence-electron chi connectivity index (χ2n) is 17.5. The van der Waals surface area contributed by atoms with Gasteiger partial charge in [0, 0.05) is 13.0 Å². The maximum Gasteiger partial charge on any atom is 0.306 e. The van der Waals surface area contributed by atoms with E-state index in [0.29, 0.717) is 24.1 Å². The van der Waals surface area contributed by atoms with Crippen LogP contribution in [0, 0.1) is 0 Å². The molecule has 0 fully saturated rings.